The van der Waals surface area contributed by atoms with Gasteiger partial charge in [-0.1, -0.05) is 6.92 Å². The number of nitrogens with one attached hydrogen (secondary N) is 2. The standard InChI is InChI=1S/C9H20N2O2/c1-4-9(2,7-12)11-8(13)5-6-10-3/h10,12H,4-7H2,1-3H3,(H,11,13). The van der Waals surface area contributed by atoms with Crippen molar-refractivity contribution in [3.63, 3.8) is 0 Å². The van der Waals surface area contributed by atoms with Crippen LogP contribution in [0.1, 0.15) is 26.7 Å². The Morgan fingerprint density at radius 2 is 2.15 bits per heavy atom. The Morgan fingerprint density at radius 1 is 1.54 bits per heavy atom. The minimum atomic E-state index is -0.467. The van der Waals surface area contributed by atoms with E-state index in [-0.39, 0.29) is 12.5 Å². The molecule has 78 valence electrons. The van der Waals surface area contributed by atoms with Gasteiger partial charge >= 0.3 is 0 Å². The molecule has 1 atom stereocenters. The van der Waals surface area contributed by atoms with E-state index in [0.717, 1.165) is 6.42 Å². The van der Waals surface area contributed by atoms with E-state index in [0.29, 0.717) is 13.0 Å². The minimum Gasteiger partial charge on any atom is -0.394 e. The third-order valence-electron chi connectivity index (χ3n) is 2.17. The van der Waals surface area contributed by atoms with Crippen LogP contribution >= 0.6 is 0 Å². The molecule has 1 amide bonds. The fourth-order valence-corrected chi connectivity index (χ4v) is 0.877. The lowest BCUT2D eigenvalue weighted by Crippen LogP contribution is -2.48. The first-order valence-corrected chi connectivity index (χ1v) is 4.64. The van der Waals surface area contributed by atoms with Gasteiger partial charge in [0.2, 0.25) is 5.91 Å². The average molecular weight is 188 g/mol. The molecule has 0 saturated heterocycles. The van der Waals surface area contributed by atoms with Crippen LogP contribution in [0.15, 0.2) is 0 Å². The molecule has 3 N–H and O–H groups in total. The molecule has 0 aliphatic carbocycles. The summed E-state index contributed by atoms with van der Waals surface area (Å²) in [4.78, 5) is 11.3. The zero-order valence-electron chi connectivity index (χ0n) is 8.68. The molecule has 0 fully saturated rings. The highest BCUT2D eigenvalue weighted by Crippen LogP contribution is 2.07. The molecule has 0 heterocycles. The lowest BCUT2D eigenvalue weighted by molar-refractivity contribution is -0.123. The number of rotatable bonds is 6. The molecule has 0 aromatic rings. The molecular formula is C9H20N2O2. The highest BCUT2D eigenvalue weighted by atomic mass is 16.3. The van der Waals surface area contributed by atoms with Gasteiger partial charge in [-0.15, -0.1) is 0 Å². The maximum absolute atomic E-state index is 11.3. The van der Waals surface area contributed by atoms with Crippen LogP contribution in [0.3, 0.4) is 0 Å². The molecule has 0 radical (unpaired) electrons. The lowest BCUT2D eigenvalue weighted by atomic mass is 10.0. The van der Waals surface area contributed by atoms with Gasteiger partial charge < -0.3 is 15.7 Å². The SMILES string of the molecule is CCC(C)(CO)NC(=O)CCNC. The predicted octanol–water partition coefficient (Wildman–Crippen LogP) is -0.127. The molecule has 0 bridgehead atoms. The van der Waals surface area contributed by atoms with Crippen LogP contribution in [0.2, 0.25) is 0 Å². The van der Waals surface area contributed by atoms with Crippen molar-refractivity contribution < 1.29 is 9.90 Å². The second-order valence-corrected chi connectivity index (χ2v) is 3.47. The minimum absolute atomic E-state index is 0.0191. The Morgan fingerprint density at radius 3 is 2.54 bits per heavy atom. The number of carbonyl (C=O) groups is 1. The lowest BCUT2D eigenvalue weighted by Gasteiger charge is -2.27. The number of aliphatic hydroxyl groups is 1. The summed E-state index contributed by atoms with van der Waals surface area (Å²) >= 11 is 0. The zero-order chi connectivity index (χ0) is 10.3. The van der Waals surface area contributed by atoms with Gasteiger partial charge in [0.1, 0.15) is 0 Å². The molecule has 0 spiro atoms. The first-order valence-electron chi connectivity index (χ1n) is 4.64. The molecule has 1 unspecified atom stereocenters. The smallest absolute Gasteiger partial charge is 0.221 e. The van der Waals surface area contributed by atoms with Crippen LogP contribution < -0.4 is 10.6 Å². The summed E-state index contributed by atoms with van der Waals surface area (Å²) < 4.78 is 0. The number of amides is 1. The van der Waals surface area contributed by atoms with Crippen molar-refractivity contribution in [1.82, 2.24) is 10.6 Å². The van der Waals surface area contributed by atoms with Crippen LogP contribution in [0.25, 0.3) is 0 Å². The van der Waals surface area contributed by atoms with Gasteiger partial charge in [-0.05, 0) is 20.4 Å². The molecule has 13 heavy (non-hydrogen) atoms. The number of hydrogen-bond acceptors (Lipinski definition) is 3. The Labute approximate surface area is 79.7 Å². The zero-order valence-corrected chi connectivity index (χ0v) is 8.68. The fraction of sp³-hybridized carbons (Fsp3) is 0.889. The summed E-state index contributed by atoms with van der Waals surface area (Å²) in [6.07, 6.45) is 1.18. The van der Waals surface area contributed by atoms with Crippen molar-refractivity contribution in [2.75, 3.05) is 20.2 Å². The molecule has 0 aliphatic rings. The molecule has 4 heteroatoms. The van der Waals surface area contributed by atoms with Gasteiger partial charge in [-0.25, -0.2) is 0 Å². The normalized spacial score (nSPS) is 15.1. The van der Waals surface area contributed by atoms with Gasteiger partial charge in [0.25, 0.3) is 0 Å². The average Bonchev–Trinajstić information content (AvgIpc) is 2.14. The van der Waals surface area contributed by atoms with Crippen molar-refractivity contribution in [3.8, 4) is 0 Å². The molecule has 0 rings (SSSR count). The van der Waals surface area contributed by atoms with Crippen molar-refractivity contribution in [2.24, 2.45) is 0 Å². The van der Waals surface area contributed by atoms with Gasteiger partial charge in [0.05, 0.1) is 12.1 Å². The Kier molecular flexibility index (Phi) is 5.66. The summed E-state index contributed by atoms with van der Waals surface area (Å²) in [6, 6.07) is 0. The Balaban J connectivity index is 3.87. The maximum Gasteiger partial charge on any atom is 0.221 e. The molecule has 0 saturated carbocycles. The van der Waals surface area contributed by atoms with Gasteiger partial charge in [-0.3, -0.25) is 4.79 Å². The van der Waals surface area contributed by atoms with E-state index in [2.05, 4.69) is 10.6 Å². The van der Waals surface area contributed by atoms with Gasteiger partial charge in [0, 0.05) is 13.0 Å². The second-order valence-electron chi connectivity index (χ2n) is 3.47. The summed E-state index contributed by atoms with van der Waals surface area (Å²) in [5.41, 5.74) is -0.467. The highest BCUT2D eigenvalue weighted by Gasteiger charge is 2.22. The third kappa shape index (κ3) is 4.85. The van der Waals surface area contributed by atoms with Crippen molar-refractivity contribution in [2.45, 2.75) is 32.2 Å². The quantitative estimate of drug-likeness (QED) is 0.544. The monoisotopic (exact) mass is 188 g/mol. The van der Waals surface area contributed by atoms with Gasteiger partial charge in [-0.2, -0.15) is 0 Å². The Hall–Kier alpha value is -0.610. The largest absolute Gasteiger partial charge is 0.394 e. The molecule has 4 nitrogen and oxygen atoms in total. The van der Waals surface area contributed by atoms with E-state index in [1.807, 2.05) is 13.8 Å². The fourth-order valence-electron chi connectivity index (χ4n) is 0.877. The molecular weight excluding hydrogens is 168 g/mol. The third-order valence-corrected chi connectivity index (χ3v) is 2.17. The van der Waals surface area contributed by atoms with Crippen LogP contribution in [0, 0.1) is 0 Å². The first-order chi connectivity index (χ1) is 6.08. The predicted molar refractivity (Wildman–Crippen MR) is 52.5 cm³/mol. The van der Waals surface area contributed by atoms with Gasteiger partial charge in [0.15, 0.2) is 0 Å². The van der Waals surface area contributed by atoms with E-state index in [1.54, 1.807) is 7.05 Å². The number of carbonyl (C=O) groups excluding carboxylic acids is 1. The summed E-state index contributed by atoms with van der Waals surface area (Å²) in [5, 5.41) is 14.7. The van der Waals surface area contributed by atoms with Crippen LogP contribution in [-0.2, 0) is 4.79 Å². The molecule has 0 aromatic carbocycles. The molecule has 0 aliphatic heterocycles. The van der Waals surface area contributed by atoms with Crippen LogP contribution in [-0.4, -0.2) is 36.8 Å². The number of hydrogen-bond donors (Lipinski definition) is 3. The summed E-state index contributed by atoms with van der Waals surface area (Å²) in [6.45, 7) is 4.42. The van der Waals surface area contributed by atoms with Crippen LogP contribution in [0.5, 0.6) is 0 Å². The molecule has 0 aromatic heterocycles. The van der Waals surface area contributed by atoms with E-state index in [4.69, 9.17) is 5.11 Å². The van der Waals surface area contributed by atoms with E-state index >= 15 is 0 Å². The van der Waals surface area contributed by atoms with Crippen LogP contribution in [0.4, 0.5) is 0 Å². The first kappa shape index (κ1) is 12.4. The van der Waals surface area contributed by atoms with Crippen molar-refractivity contribution >= 4 is 5.91 Å². The number of aliphatic hydroxyl groups excluding tert-OH is 1. The topological polar surface area (TPSA) is 61.4 Å². The summed E-state index contributed by atoms with van der Waals surface area (Å²) in [7, 11) is 1.80. The maximum atomic E-state index is 11.3. The van der Waals surface area contributed by atoms with E-state index < -0.39 is 5.54 Å². The van der Waals surface area contributed by atoms with E-state index in [1.165, 1.54) is 0 Å². The van der Waals surface area contributed by atoms with E-state index in [9.17, 15) is 4.79 Å². The Bertz CT molecular complexity index is 156. The van der Waals surface area contributed by atoms with Crippen molar-refractivity contribution in [3.05, 3.63) is 0 Å². The van der Waals surface area contributed by atoms with Crippen molar-refractivity contribution in [1.29, 1.82) is 0 Å². The summed E-state index contributed by atoms with van der Waals surface area (Å²) in [5.74, 6) is -0.0206. The highest BCUT2D eigenvalue weighted by molar-refractivity contribution is 5.76. The second kappa shape index (κ2) is 5.94.